The van der Waals surface area contributed by atoms with Crippen LogP contribution in [0.3, 0.4) is 0 Å². The first kappa shape index (κ1) is 18.4. The van der Waals surface area contributed by atoms with Gasteiger partial charge in [0.2, 0.25) is 6.54 Å². The summed E-state index contributed by atoms with van der Waals surface area (Å²) in [5.74, 6) is -0.00754. The number of rotatable bonds is 6. The van der Waals surface area contributed by atoms with E-state index in [9.17, 15) is 8.42 Å². The average molecular weight is 412 g/mol. The molecule has 0 aliphatic heterocycles. The lowest BCUT2D eigenvalue weighted by Gasteiger charge is -2.04. The van der Waals surface area contributed by atoms with Gasteiger partial charge in [0.05, 0.1) is 28.7 Å². The number of hydrogen-bond acceptors (Lipinski definition) is 5. The van der Waals surface area contributed by atoms with Crippen molar-refractivity contribution < 1.29 is 8.42 Å². The standard InChI is InChI=1S/C19H17N5O2S2/c1-13-15(10-22-23-13)14-4-6-18-21-11-16(24(18)12-14)17-5-7-19(27-17)28(25,26)9-3-8-20-2/h4-7,10-12H,3,8-9H2,1H3,(H,22,23). The zero-order chi connectivity index (χ0) is 19.7. The summed E-state index contributed by atoms with van der Waals surface area (Å²) in [5, 5.41) is 7.01. The van der Waals surface area contributed by atoms with Crippen molar-refractivity contribution in [3.8, 4) is 21.7 Å². The minimum atomic E-state index is -3.37. The fraction of sp³-hybridized carbons (Fsp3) is 0.211. The Morgan fingerprint density at radius 3 is 2.86 bits per heavy atom. The molecule has 0 aliphatic rings. The van der Waals surface area contributed by atoms with Crippen LogP contribution in [0.25, 0.3) is 32.2 Å². The van der Waals surface area contributed by atoms with E-state index >= 15 is 0 Å². The fourth-order valence-electron chi connectivity index (χ4n) is 3.02. The van der Waals surface area contributed by atoms with Crippen molar-refractivity contribution in [3.05, 3.63) is 60.0 Å². The summed E-state index contributed by atoms with van der Waals surface area (Å²) in [6.07, 6.45) is 5.87. The van der Waals surface area contributed by atoms with Crippen LogP contribution in [0.15, 0.2) is 47.1 Å². The topological polar surface area (TPSA) is 84.5 Å². The SMILES string of the molecule is [C-]#[N+]CCCS(=O)(=O)c1ccc(-c2cnc3ccc(-c4cn[nH]c4C)cn23)s1. The van der Waals surface area contributed by atoms with Gasteiger partial charge in [-0.25, -0.2) is 20.0 Å². The molecule has 0 saturated heterocycles. The first-order valence-corrected chi connectivity index (χ1v) is 11.1. The predicted octanol–water partition coefficient (Wildman–Crippen LogP) is 3.84. The van der Waals surface area contributed by atoms with Gasteiger partial charge in [-0.2, -0.15) is 5.10 Å². The highest BCUT2D eigenvalue weighted by Crippen LogP contribution is 2.33. The first-order chi connectivity index (χ1) is 13.5. The van der Waals surface area contributed by atoms with Crippen LogP contribution >= 0.6 is 11.3 Å². The fourth-order valence-corrected chi connectivity index (χ4v) is 5.78. The van der Waals surface area contributed by atoms with Crippen molar-refractivity contribution in [1.82, 2.24) is 19.6 Å². The Kier molecular flexibility index (Phi) is 4.75. The molecule has 142 valence electrons. The number of hydrogen-bond donors (Lipinski definition) is 1. The number of aromatic nitrogens is 4. The third-order valence-electron chi connectivity index (χ3n) is 4.47. The molecule has 0 aliphatic carbocycles. The number of H-pyrrole nitrogens is 1. The summed E-state index contributed by atoms with van der Waals surface area (Å²) in [6.45, 7) is 8.98. The molecule has 4 rings (SSSR count). The number of sulfone groups is 1. The zero-order valence-electron chi connectivity index (χ0n) is 15.1. The Balaban J connectivity index is 1.71. The lowest BCUT2D eigenvalue weighted by atomic mass is 10.1. The molecule has 0 saturated carbocycles. The van der Waals surface area contributed by atoms with Gasteiger partial charge >= 0.3 is 0 Å². The largest absolute Gasteiger partial charge is 0.317 e. The molecule has 7 nitrogen and oxygen atoms in total. The smallest absolute Gasteiger partial charge is 0.215 e. The van der Waals surface area contributed by atoms with E-state index in [0.29, 0.717) is 10.6 Å². The number of imidazole rings is 1. The van der Waals surface area contributed by atoms with Crippen LogP contribution < -0.4 is 0 Å². The molecule has 4 aromatic heterocycles. The van der Waals surface area contributed by atoms with E-state index in [2.05, 4.69) is 20.0 Å². The van der Waals surface area contributed by atoms with Crippen LogP contribution in [0.1, 0.15) is 12.1 Å². The van der Waals surface area contributed by atoms with Crippen molar-refractivity contribution in [2.24, 2.45) is 0 Å². The summed E-state index contributed by atoms with van der Waals surface area (Å²) in [7, 11) is -3.37. The molecule has 4 heterocycles. The van der Waals surface area contributed by atoms with Crippen molar-refractivity contribution in [2.75, 3.05) is 12.3 Å². The highest BCUT2D eigenvalue weighted by molar-refractivity contribution is 7.93. The molecular weight excluding hydrogens is 394 g/mol. The van der Waals surface area contributed by atoms with Gasteiger partial charge in [0.15, 0.2) is 9.84 Å². The summed E-state index contributed by atoms with van der Waals surface area (Å²) in [5.41, 5.74) is 4.61. The van der Waals surface area contributed by atoms with Crippen molar-refractivity contribution in [2.45, 2.75) is 17.6 Å². The maximum atomic E-state index is 12.5. The van der Waals surface area contributed by atoms with Gasteiger partial charge in [0.1, 0.15) is 9.86 Å². The highest BCUT2D eigenvalue weighted by atomic mass is 32.2. The number of aryl methyl sites for hydroxylation is 1. The Labute approximate surface area is 166 Å². The number of nitrogens with zero attached hydrogens (tertiary/aromatic N) is 4. The summed E-state index contributed by atoms with van der Waals surface area (Å²) in [6, 6.07) is 7.37. The van der Waals surface area contributed by atoms with Gasteiger partial charge in [0, 0.05) is 29.4 Å². The molecule has 0 unspecified atom stereocenters. The minimum Gasteiger partial charge on any atom is -0.317 e. The molecule has 4 aromatic rings. The second kappa shape index (κ2) is 7.22. The van der Waals surface area contributed by atoms with Crippen LogP contribution in [-0.2, 0) is 9.84 Å². The van der Waals surface area contributed by atoms with Gasteiger partial charge in [0.25, 0.3) is 0 Å². The molecule has 0 aromatic carbocycles. The third-order valence-corrected chi connectivity index (χ3v) is 7.96. The van der Waals surface area contributed by atoms with Crippen molar-refractivity contribution in [1.29, 1.82) is 0 Å². The Bertz CT molecular complexity index is 1290. The molecular formula is C19H17N5O2S2. The normalized spacial score (nSPS) is 11.7. The summed E-state index contributed by atoms with van der Waals surface area (Å²) < 4.78 is 27.2. The molecule has 0 spiro atoms. The van der Waals surface area contributed by atoms with E-state index in [4.69, 9.17) is 6.57 Å². The zero-order valence-corrected chi connectivity index (χ0v) is 16.7. The van der Waals surface area contributed by atoms with Gasteiger partial charge in [-0.3, -0.25) is 9.50 Å². The maximum Gasteiger partial charge on any atom is 0.215 e. The maximum absolute atomic E-state index is 12.5. The van der Waals surface area contributed by atoms with Crippen LogP contribution in [0.4, 0.5) is 0 Å². The second-order valence-corrected chi connectivity index (χ2v) is 9.79. The van der Waals surface area contributed by atoms with E-state index in [0.717, 1.165) is 33.0 Å². The third kappa shape index (κ3) is 3.32. The summed E-state index contributed by atoms with van der Waals surface area (Å²) in [4.78, 5) is 8.48. The molecule has 0 fully saturated rings. The molecule has 28 heavy (non-hydrogen) atoms. The van der Waals surface area contributed by atoms with Crippen LogP contribution in [-0.4, -0.2) is 40.3 Å². The van der Waals surface area contributed by atoms with E-state index in [1.807, 2.05) is 35.7 Å². The Hall–Kier alpha value is -2.96. The van der Waals surface area contributed by atoms with Gasteiger partial charge in [-0.05, 0) is 31.2 Å². The lowest BCUT2D eigenvalue weighted by molar-refractivity contribution is 0.596. The number of pyridine rings is 1. The minimum absolute atomic E-state index is 0.00754. The molecule has 0 radical (unpaired) electrons. The van der Waals surface area contributed by atoms with Crippen LogP contribution in [0, 0.1) is 13.5 Å². The van der Waals surface area contributed by atoms with Crippen molar-refractivity contribution in [3.63, 3.8) is 0 Å². The predicted molar refractivity (Wildman–Crippen MR) is 109 cm³/mol. The molecule has 0 atom stereocenters. The van der Waals surface area contributed by atoms with E-state index in [1.54, 1.807) is 18.5 Å². The van der Waals surface area contributed by atoms with Crippen molar-refractivity contribution >= 4 is 26.8 Å². The van der Waals surface area contributed by atoms with Crippen LogP contribution in [0.2, 0.25) is 0 Å². The van der Waals surface area contributed by atoms with Gasteiger partial charge in [-0.15, -0.1) is 11.3 Å². The summed E-state index contributed by atoms with van der Waals surface area (Å²) >= 11 is 1.23. The second-order valence-electron chi connectivity index (χ2n) is 6.37. The monoisotopic (exact) mass is 411 g/mol. The van der Waals surface area contributed by atoms with Crippen LogP contribution in [0.5, 0.6) is 0 Å². The quantitative estimate of drug-likeness (QED) is 0.386. The molecule has 0 bridgehead atoms. The van der Waals surface area contributed by atoms with E-state index < -0.39 is 9.84 Å². The molecule has 0 amide bonds. The molecule has 9 heteroatoms. The first-order valence-electron chi connectivity index (χ1n) is 8.63. The number of nitrogens with one attached hydrogen (secondary N) is 1. The average Bonchev–Trinajstić information content (AvgIpc) is 3.40. The Morgan fingerprint density at radius 2 is 2.11 bits per heavy atom. The number of fused-ring (bicyclic) bond motifs is 1. The lowest BCUT2D eigenvalue weighted by Crippen LogP contribution is -2.05. The van der Waals surface area contributed by atoms with Gasteiger partial charge in [-0.1, -0.05) is 0 Å². The number of thiophene rings is 1. The highest BCUT2D eigenvalue weighted by Gasteiger charge is 2.19. The molecule has 1 N–H and O–H groups in total. The van der Waals surface area contributed by atoms with E-state index in [-0.39, 0.29) is 12.3 Å². The Morgan fingerprint density at radius 1 is 1.25 bits per heavy atom. The van der Waals surface area contributed by atoms with Gasteiger partial charge < -0.3 is 4.85 Å². The number of aromatic amines is 1. The van der Waals surface area contributed by atoms with E-state index in [1.165, 1.54) is 11.3 Å².